The summed E-state index contributed by atoms with van der Waals surface area (Å²) in [6, 6.07) is 2.79. The number of nitrogens with zero attached hydrogens (tertiary/aromatic N) is 1. The van der Waals surface area contributed by atoms with Crippen molar-refractivity contribution in [3.63, 3.8) is 0 Å². The summed E-state index contributed by atoms with van der Waals surface area (Å²) < 4.78 is 24.3. The largest absolute Gasteiger partial charge is 0.487 e. The lowest BCUT2D eigenvalue weighted by Gasteiger charge is -2.34. The Labute approximate surface area is 194 Å². The fourth-order valence-corrected chi connectivity index (χ4v) is 5.06. The minimum absolute atomic E-state index is 0.0499. The smallest absolute Gasteiger partial charge is 0.222 e. The average molecular weight is 475 g/mol. The minimum Gasteiger partial charge on any atom is -0.487 e. The summed E-state index contributed by atoms with van der Waals surface area (Å²) in [4.78, 5) is 14.3. The van der Waals surface area contributed by atoms with Gasteiger partial charge >= 0.3 is 0 Å². The Morgan fingerprint density at radius 2 is 1.77 bits per heavy atom. The number of nitrogens with one attached hydrogen (secondary N) is 1. The zero-order valence-corrected chi connectivity index (χ0v) is 19.7. The number of hydrogen-bond acceptors (Lipinski definition) is 4. The van der Waals surface area contributed by atoms with Crippen LogP contribution in [0, 0.1) is 11.7 Å². The van der Waals surface area contributed by atoms with Gasteiger partial charge in [0, 0.05) is 32.7 Å². The van der Waals surface area contributed by atoms with Crippen LogP contribution in [-0.4, -0.2) is 56.3 Å². The molecule has 174 valence electrons. The summed E-state index contributed by atoms with van der Waals surface area (Å²) in [6.07, 6.45) is 7.99. The van der Waals surface area contributed by atoms with E-state index in [9.17, 15) is 9.18 Å². The molecule has 31 heavy (non-hydrogen) atoms. The van der Waals surface area contributed by atoms with Crippen molar-refractivity contribution < 1.29 is 18.7 Å². The summed E-state index contributed by atoms with van der Waals surface area (Å²) in [5.74, 6) is 0.755. The highest BCUT2D eigenvalue weighted by atomic mass is 35.5. The molecule has 0 unspecified atom stereocenters. The predicted molar refractivity (Wildman–Crippen MR) is 122 cm³/mol. The van der Waals surface area contributed by atoms with Crippen LogP contribution >= 0.6 is 23.2 Å². The van der Waals surface area contributed by atoms with E-state index in [0.717, 1.165) is 51.2 Å². The Morgan fingerprint density at radius 1 is 1.13 bits per heavy atom. The van der Waals surface area contributed by atoms with Crippen LogP contribution in [0.25, 0.3) is 0 Å². The van der Waals surface area contributed by atoms with Crippen LogP contribution in [0.3, 0.4) is 0 Å². The first-order valence-corrected chi connectivity index (χ1v) is 12.0. The first-order valence-electron chi connectivity index (χ1n) is 11.3. The van der Waals surface area contributed by atoms with Crippen LogP contribution in [0.5, 0.6) is 5.75 Å². The molecule has 1 aromatic rings. The number of ether oxygens (including phenoxy) is 2. The number of methoxy groups -OCH3 is 1. The number of halogens is 3. The zero-order valence-electron chi connectivity index (χ0n) is 18.2. The van der Waals surface area contributed by atoms with Crippen LogP contribution in [0.2, 0.25) is 10.0 Å². The monoisotopic (exact) mass is 474 g/mol. The molecule has 0 atom stereocenters. The molecule has 3 rings (SSSR count). The molecule has 1 amide bonds. The number of hydrogen-bond donors (Lipinski definition) is 1. The van der Waals surface area contributed by atoms with Gasteiger partial charge in [0.2, 0.25) is 5.91 Å². The molecule has 0 radical (unpaired) electrons. The lowest BCUT2D eigenvalue weighted by Crippen LogP contribution is -2.40. The molecule has 2 fully saturated rings. The molecule has 0 aromatic heterocycles. The Hall–Kier alpha value is -1.08. The number of benzene rings is 1. The van der Waals surface area contributed by atoms with E-state index in [1.54, 1.807) is 7.11 Å². The van der Waals surface area contributed by atoms with Gasteiger partial charge in [-0.2, -0.15) is 0 Å². The van der Waals surface area contributed by atoms with Gasteiger partial charge in [-0.3, -0.25) is 4.79 Å². The standard InChI is InChI=1S/C23H33Cl2FN2O3/c1-30-13-9-22(29)27-18-4-2-16(3-5-18)6-10-28-11-7-19(8-12-28)31-23-20(24)14-17(26)15-21(23)25/h14-16,18-19H,2-13H2,1H3,(H,27,29). The third-order valence-electron chi connectivity index (χ3n) is 6.38. The first kappa shape index (κ1) is 24.6. The second kappa shape index (κ2) is 12.2. The third-order valence-corrected chi connectivity index (χ3v) is 6.94. The van der Waals surface area contributed by atoms with E-state index >= 15 is 0 Å². The van der Waals surface area contributed by atoms with Gasteiger partial charge in [0.25, 0.3) is 0 Å². The number of amides is 1. The molecule has 5 nitrogen and oxygen atoms in total. The Kier molecular flexibility index (Phi) is 9.70. The summed E-state index contributed by atoms with van der Waals surface area (Å²) in [5.41, 5.74) is 0. The summed E-state index contributed by atoms with van der Waals surface area (Å²) in [7, 11) is 1.62. The van der Waals surface area contributed by atoms with Gasteiger partial charge in [0.1, 0.15) is 11.9 Å². The van der Waals surface area contributed by atoms with E-state index in [1.165, 1.54) is 31.4 Å². The van der Waals surface area contributed by atoms with Crippen LogP contribution in [0.15, 0.2) is 12.1 Å². The second-order valence-electron chi connectivity index (χ2n) is 8.67. The molecule has 1 aliphatic carbocycles. The third kappa shape index (κ3) is 7.77. The molecule has 1 aliphatic heterocycles. The Bertz CT molecular complexity index is 698. The van der Waals surface area contributed by atoms with Crippen molar-refractivity contribution in [2.45, 2.75) is 63.5 Å². The van der Waals surface area contributed by atoms with E-state index in [1.807, 2.05) is 0 Å². The highest BCUT2D eigenvalue weighted by Gasteiger charge is 2.25. The fourth-order valence-electron chi connectivity index (χ4n) is 4.51. The second-order valence-corrected chi connectivity index (χ2v) is 9.49. The van der Waals surface area contributed by atoms with E-state index in [0.29, 0.717) is 24.8 Å². The van der Waals surface area contributed by atoms with Crippen molar-refractivity contribution in [3.05, 3.63) is 28.0 Å². The number of rotatable bonds is 9. The van der Waals surface area contributed by atoms with Crippen LogP contribution in [0.1, 0.15) is 51.4 Å². The van der Waals surface area contributed by atoms with E-state index < -0.39 is 5.82 Å². The molecular formula is C23H33Cl2FN2O3. The highest BCUT2D eigenvalue weighted by Crippen LogP contribution is 2.35. The summed E-state index contributed by atoms with van der Waals surface area (Å²) >= 11 is 12.2. The van der Waals surface area contributed by atoms with Crippen molar-refractivity contribution in [1.82, 2.24) is 10.2 Å². The molecule has 2 aliphatic rings. The SMILES string of the molecule is COCCC(=O)NC1CCC(CCN2CCC(Oc3c(Cl)cc(F)cc3Cl)CC2)CC1. The molecule has 1 saturated heterocycles. The lowest BCUT2D eigenvalue weighted by molar-refractivity contribution is -0.122. The summed E-state index contributed by atoms with van der Waals surface area (Å²) in [5, 5.41) is 3.57. The maximum absolute atomic E-state index is 13.3. The van der Waals surface area contributed by atoms with Gasteiger partial charge in [0.15, 0.2) is 5.75 Å². The fraction of sp³-hybridized carbons (Fsp3) is 0.696. The Morgan fingerprint density at radius 3 is 2.39 bits per heavy atom. The number of piperidine rings is 1. The normalized spacial score (nSPS) is 23.0. The zero-order chi connectivity index (χ0) is 22.2. The molecule has 0 bridgehead atoms. The number of carbonyl (C=O) groups excluding carboxylic acids is 1. The molecule has 1 saturated carbocycles. The van der Waals surface area contributed by atoms with Gasteiger partial charge in [0.05, 0.1) is 16.7 Å². The van der Waals surface area contributed by atoms with Crippen molar-refractivity contribution >= 4 is 29.1 Å². The van der Waals surface area contributed by atoms with Crippen molar-refractivity contribution in [3.8, 4) is 5.75 Å². The molecule has 1 aromatic carbocycles. The van der Waals surface area contributed by atoms with Crippen molar-refractivity contribution in [2.24, 2.45) is 5.92 Å². The van der Waals surface area contributed by atoms with Crippen molar-refractivity contribution in [1.29, 1.82) is 0 Å². The number of likely N-dealkylation sites (tertiary alicyclic amines) is 1. The average Bonchev–Trinajstić information content (AvgIpc) is 2.75. The molecule has 1 N–H and O–H groups in total. The van der Waals surface area contributed by atoms with Gasteiger partial charge in [-0.15, -0.1) is 0 Å². The maximum Gasteiger partial charge on any atom is 0.222 e. The number of carbonyl (C=O) groups is 1. The van der Waals surface area contributed by atoms with E-state index in [4.69, 9.17) is 32.7 Å². The van der Waals surface area contributed by atoms with Gasteiger partial charge in [-0.25, -0.2) is 4.39 Å². The molecule has 8 heteroatoms. The Balaban J connectivity index is 1.32. The van der Waals surface area contributed by atoms with Crippen LogP contribution in [-0.2, 0) is 9.53 Å². The van der Waals surface area contributed by atoms with Gasteiger partial charge < -0.3 is 19.7 Å². The maximum atomic E-state index is 13.3. The van der Waals surface area contributed by atoms with Crippen LogP contribution < -0.4 is 10.1 Å². The van der Waals surface area contributed by atoms with Gasteiger partial charge in [-0.05, 0) is 69.5 Å². The predicted octanol–water partition coefficient (Wildman–Crippen LogP) is 5.08. The quantitative estimate of drug-likeness (QED) is 0.542. The van der Waals surface area contributed by atoms with E-state index in [2.05, 4.69) is 10.2 Å². The van der Waals surface area contributed by atoms with Gasteiger partial charge in [-0.1, -0.05) is 23.2 Å². The molecular weight excluding hydrogens is 442 g/mol. The molecule has 1 heterocycles. The highest BCUT2D eigenvalue weighted by molar-refractivity contribution is 6.37. The lowest BCUT2D eigenvalue weighted by atomic mass is 9.84. The first-order chi connectivity index (χ1) is 14.9. The van der Waals surface area contributed by atoms with Crippen molar-refractivity contribution in [2.75, 3.05) is 33.4 Å². The minimum atomic E-state index is -0.459. The molecule has 0 spiro atoms. The van der Waals surface area contributed by atoms with Crippen LogP contribution in [0.4, 0.5) is 4.39 Å². The summed E-state index contributed by atoms with van der Waals surface area (Å²) in [6.45, 7) is 3.53. The topological polar surface area (TPSA) is 50.8 Å². The van der Waals surface area contributed by atoms with E-state index in [-0.39, 0.29) is 22.1 Å².